The third-order valence-corrected chi connectivity index (χ3v) is 3.49. The lowest BCUT2D eigenvalue weighted by Crippen LogP contribution is -2.51. The number of carboxylic acid groups (broad SMARTS) is 1. The molecule has 2 rings (SSSR count). The first kappa shape index (κ1) is 11.2. The molecule has 5 heteroatoms. The number of aliphatic carboxylic acids is 1. The summed E-state index contributed by atoms with van der Waals surface area (Å²) in [7, 11) is 0. The van der Waals surface area contributed by atoms with Gasteiger partial charge >= 0.3 is 12.0 Å². The van der Waals surface area contributed by atoms with Crippen LogP contribution in [0.3, 0.4) is 0 Å². The Morgan fingerprint density at radius 1 is 1.19 bits per heavy atom. The highest BCUT2D eigenvalue weighted by atomic mass is 16.4. The van der Waals surface area contributed by atoms with Gasteiger partial charge in [0.2, 0.25) is 0 Å². The van der Waals surface area contributed by atoms with Gasteiger partial charge in [0.15, 0.2) is 0 Å². The van der Waals surface area contributed by atoms with E-state index in [1.54, 1.807) is 4.90 Å². The molecular weight excluding hydrogens is 208 g/mol. The number of likely N-dealkylation sites (tertiary alicyclic amines) is 1. The Balaban J connectivity index is 1.83. The highest BCUT2D eigenvalue weighted by Gasteiger charge is 2.29. The summed E-state index contributed by atoms with van der Waals surface area (Å²) in [6, 6.07) is 0.230. The maximum absolute atomic E-state index is 11.8. The summed E-state index contributed by atoms with van der Waals surface area (Å²) < 4.78 is 0. The van der Waals surface area contributed by atoms with Crippen molar-refractivity contribution >= 4 is 12.0 Å². The van der Waals surface area contributed by atoms with Crippen molar-refractivity contribution in [3.05, 3.63) is 0 Å². The number of hydrogen-bond donors (Lipinski definition) is 2. The van der Waals surface area contributed by atoms with Crippen molar-refractivity contribution in [1.82, 2.24) is 10.2 Å². The van der Waals surface area contributed by atoms with Crippen LogP contribution in [-0.4, -0.2) is 41.1 Å². The van der Waals surface area contributed by atoms with Crippen molar-refractivity contribution in [2.75, 3.05) is 13.1 Å². The van der Waals surface area contributed by atoms with Gasteiger partial charge in [-0.2, -0.15) is 0 Å². The Kier molecular flexibility index (Phi) is 3.31. The average Bonchev–Trinajstić information content (AvgIpc) is 2.23. The molecule has 0 aromatic carbocycles. The van der Waals surface area contributed by atoms with E-state index in [-0.39, 0.29) is 11.9 Å². The maximum Gasteiger partial charge on any atom is 0.317 e. The fourth-order valence-electron chi connectivity index (χ4n) is 2.18. The van der Waals surface area contributed by atoms with Crippen LogP contribution in [-0.2, 0) is 4.79 Å². The van der Waals surface area contributed by atoms with Gasteiger partial charge in [-0.05, 0) is 32.1 Å². The van der Waals surface area contributed by atoms with Crippen LogP contribution < -0.4 is 5.32 Å². The smallest absolute Gasteiger partial charge is 0.317 e. The summed E-state index contributed by atoms with van der Waals surface area (Å²) in [5.41, 5.74) is 0. The largest absolute Gasteiger partial charge is 0.481 e. The first-order valence-electron chi connectivity index (χ1n) is 5.95. The second-order valence-corrected chi connectivity index (χ2v) is 4.70. The first-order valence-corrected chi connectivity index (χ1v) is 5.95. The molecule has 2 aliphatic rings. The normalized spacial score (nSPS) is 26.0. The lowest BCUT2D eigenvalue weighted by Gasteiger charge is -2.34. The molecule has 0 radical (unpaired) electrons. The monoisotopic (exact) mass is 226 g/mol. The molecule has 1 heterocycles. The Morgan fingerprint density at radius 2 is 1.94 bits per heavy atom. The molecule has 1 aliphatic heterocycles. The molecule has 1 unspecified atom stereocenters. The van der Waals surface area contributed by atoms with E-state index in [0.717, 1.165) is 19.3 Å². The standard InChI is InChI=1S/C11H18N2O3/c14-10(15)8-3-2-6-13(7-8)11(16)12-9-4-1-5-9/h8-9H,1-7H2,(H,12,16)(H,14,15). The fourth-order valence-corrected chi connectivity index (χ4v) is 2.18. The molecule has 5 nitrogen and oxygen atoms in total. The molecule has 16 heavy (non-hydrogen) atoms. The van der Waals surface area contributed by atoms with Gasteiger partial charge in [-0.1, -0.05) is 0 Å². The minimum absolute atomic E-state index is 0.0874. The number of carboxylic acids is 1. The van der Waals surface area contributed by atoms with Gasteiger partial charge in [0.1, 0.15) is 0 Å². The number of piperidine rings is 1. The summed E-state index contributed by atoms with van der Waals surface area (Å²) in [5, 5.41) is 11.9. The van der Waals surface area contributed by atoms with E-state index in [9.17, 15) is 9.59 Å². The maximum atomic E-state index is 11.8. The lowest BCUT2D eigenvalue weighted by atomic mass is 9.93. The number of urea groups is 1. The fraction of sp³-hybridized carbons (Fsp3) is 0.818. The van der Waals surface area contributed by atoms with Crippen LogP contribution in [0.4, 0.5) is 4.79 Å². The predicted octanol–water partition coefficient (Wildman–Crippen LogP) is 1.05. The van der Waals surface area contributed by atoms with Crippen molar-refractivity contribution in [2.45, 2.75) is 38.1 Å². The number of carbonyl (C=O) groups excluding carboxylic acids is 1. The molecule has 1 saturated heterocycles. The third-order valence-electron chi connectivity index (χ3n) is 3.49. The Bertz CT molecular complexity index is 289. The van der Waals surface area contributed by atoms with E-state index in [1.165, 1.54) is 6.42 Å². The van der Waals surface area contributed by atoms with Gasteiger partial charge in [-0.3, -0.25) is 4.79 Å². The van der Waals surface area contributed by atoms with Gasteiger partial charge < -0.3 is 15.3 Å². The Morgan fingerprint density at radius 3 is 2.50 bits per heavy atom. The molecule has 2 N–H and O–H groups in total. The number of hydrogen-bond acceptors (Lipinski definition) is 2. The van der Waals surface area contributed by atoms with Gasteiger partial charge in [0, 0.05) is 19.1 Å². The summed E-state index contributed by atoms with van der Waals surface area (Å²) in [6.07, 6.45) is 4.77. The van der Waals surface area contributed by atoms with Crippen molar-refractivity contribution in [1.29, 1.82) is 0 Å². The van der Waals surface area contributed by atoms with Crippen molar-refractivity contribution < 1.29 is 14.7 Å². The van der Waals surface area contributed by atoms with Crippen molar-refractivity contribution in [3.63, 3.8) is 0 Å². The van der Waals surface area contributed by atoms with Crippen LogP contribution in [0.2, 0.25) is 0 Å². The summed E-state index contributed by atoms with van der Waals surface area (Å²) >= 11 is 0. The molecule has 2 fully saturated rings. The highest BCUT2D eigenvalue weighted by Crippen LogP contribution is 2.20. The number of nitrogens with one attached hydrogen (secondary N) is 1. The van der Waals surface area contributed by atoms with Gasteiger partial charge in [0.25, 0.3) is 0 Å². The van der Waals surface area contributed by atoms with E-state index in [0.29, 0.717) is 25.6 Å². The summed E-state index contributed by atoms with van der Waals surface area (Å²) in [6.45, 7) is 1.04. The second-order valence-electron chi connectivity index (χ2n) is 4.70. The zero-order chi connectivity index (χ0) is 11.5. The molecule has 90 valence electrons. The van der Waals surface area contributed by atoms with Crippen molar-refractivity contribution in [3.8, 4) is 0 Å². The lowest BCUT2D eigenvalue weighted by molar-refractivity contribution is -0.143. The number of carbonyl (C=O) groups is 2. The van der Waals surface area contributed by atoms with Gasteiger partial charge in [0.05, 0.1) is 5.92 Å². The molecule has 0 bridgehead atoms. The first-order chi connectivity index (χ1) is 7.66. The summed E-state index contributed by atoms with van der Waals surface area (Å²) in [4.78, 5) is 24.3. The average molecular weight is 226 g/mol. The molecule has 0 spiro atoms. The topological polar surface area (TPSA) is 69.6 Å². The van der Waals surface area contributed by atoms with Crippen LogP contribution >= 0.6 is 0 Å². The van der Waals surface area contributed by atoms with Gasteiger partial charge in [-0.25, -0.2) is 4.79 Å². The zero-order valence-corrected chi connectivity index (χ0v) is 9.32. The minimum Gasteiger partial charge on any atom is -0.481 e. The van der Waals surface area contributed by atoms with Crippen LogP contribution in [0, 0.1) is 5.92 Å². The second kappa shape index (κ2) is 4.72. The molecule has 0 aromatic rings. The van der Waals surface area contributed by atoms with Crippen LogP contribution in [0.15, 0.2) is 0 Å². The SMILES string of the molecule is O=C(O)C1CCCN(C(=O)NC2CCC2)C1. The molecule has 1 saturated carbocycles. The number of nitrogens with zero attached hydrogens (tertiary/aromatic N) is 1. The van der Waals surface area contributed by atoms with E-state index >= 15 is 0 Å². The van der Waals surface area contributed by atoms with Crippen molar-refractivity contribution in [2.24, 2.45) is 5.92 Å². The van der Waals surface area contributed by atoms with E-state index in [2.05, 4.69) is 5.32 Å². The van der Waals surface area contributed by atoms with E-state index in [1.807, 2.05) is 0 Å². The molecular formula is C11H18N2O3. The van der Waals surface area contributed by atoms with Gasteiger partial charge in [-0.15, -0.1) is 0 Å². The van der Waals surface area contributed by atoms with E-state index in [4.69, 9.17) is 5.11 Å². The Labute approximate surface area is 94.8 Å². The quantitative estimate of drug-likeness (QED) is 0.739. The number of amides is 2. The van der Waals surface area contributed by atoms with E-state index < -0.39 is 5.97 Å². The highest BCUT2D eigenvalue weighted by molar-refractivity contribution is 5.76. The van der Waals surface area contributed by atoms with Crippen LogP contribution in [0.1, 0.15) is 32.1 Å². The minimum atomic E-state index is -0.791. The molecule has 1 atom stereocenters. The summed E-state index contributed by atoms with van der Waals surface area (Å²) in [5.74, 6) is -1.18. The van der Waals surface area contributed by atoms with Crippen LogP contribution in [0.5, 0.6) is 0 Å². The number of rotatable bonds is 2. The zero-order valence-electron chi connectivity index (χ0n) is 9.32. The molecule has 2 amide bonds. The Hall–Kier alpha value is -1.26. The molecule has 0 aromatic heterocycles. The van der Waals surface area contributed by atoms with Crippen LogP contribution in [0.25, 0.3) is 0 Å². The third kappa shape index (κ3) is 2.46. The predicted molar refractivity (Wildman–Crippen MR) is 58.1 cm³/mol. The molecule has 1 aliphatic carbocycles.